The van der Waals surface area contributed by atoms with Crippen molar-refractivity contribution in [1.29, 1.82) is 0 Å². The maximum Gasteiger partial charge on any atom is 0.279 e. The van der Waals surface area contributed by atoms with Crippen LogP contribution in [-0.4, -0.2) is 22.8 Å². The van der Waals surface area contributed by atoms with E-state index >= 15 is 0 Å². The highest BCUT2D eigenvalue weighted by Crippen LogP contribution is 2.36. The predicted octanol–water partition coefficient (Wildman–Crippen LogP) is 5.19. The normalized spacial score (nSPS) is 13.6. The van der Waals surface area contributed by atoms with E-state index in [-0.39, 0.29) is 0 Å². The van der Waals surface area contributed by atoms with Crippen molar-refractivity contribution in [3.63, 3.8) is 0 Å². The van der Waals surface area contributed by atoms with Crippen molar-refractivity contribution in [3.8, 4) is 16.7 Å². The molecule has 1 atom stereocenters. The molecule has 1 aromatic heterocycles. The van der Waals surface area contributed by atoms with E-state index in [1.807, 2.05) is 56.3 Å². The summed E-state index contributed by atoms with van der Waals surface area (Å²) in [6.07, 6.45) is 2.24. The molecule has 5 heteroatoms. The van der Waals surface area contributed by atoms with Gasteiger partial charge in [-0.05, 0) is 56.0 Å². The summed E-state index contributed by atoms with van der Waals surface area (Å²) >= 11 is 1.51. The summed E-state index contributed by atoms with van der Waals surface area (Å²) in [7, 11) is 1.63. The Morgan fingerprint density at radius 1 is 1.16 bits per heavy atom. The summed E-state index contributed by atoms with van der Waals surface area (Å²) in [6.45, 7) is 3.87. The number of benzene rings is 2. The van der Waals surface area contributed by atoms with Gasteiger partial charge < -0.3 is 14.6 Å². The molecule has 25 heavy (non-hydrogen) atoms. The van der Waals surface area contributed by atoms with Crippen LogP contribution in [0.3, 0.4) is 0 Å². The van der Waals surface area contributed by atoms with Crippen LogP contribution in [-0.2, 0) is 6.42 Å². The molecule has 1 heterocycles. The van der Waals surface area contributed by atoms with E-state index < -0.39 is 5.60 Å². The fourth-order valence-corrected chi connectivity index (χ4v) is 3.36. The Bertz CT molecular complexity index is 824. The molecule has 132 valence electrons. The van der Waals surface area contributed by atoms with Crippen LogP contribution in [0, 0.1) is 0 Å². The molecule has 3 aromatic rings. The van der Waals surface area contributed by atoms with E-state index in [1.165, 1.54) is 11.3 Å². The average molecular weight is 357 g/mol. The number of methoxy groups -OCH3 is 1. The lowest BCUT2D eigenvalue weighted by Crippen LogP contribution is -2.23. The summed E-state index contributed by atoms with van der Waals surface area (Å²) in [4.78, 5) is 4.49. The van der Waals surface area contributed by atoms with Gasteiger partial charge in [-0.25, -0.2) is 4.98 Å². The number of aromatic nitrogens is 1. The van der Waals surface area contributed by atoms with E-state index in [9.17, 15) is 5.11 Å². The van der Waals surface area contributed by atoms with E-state index in [2.05, 4.69) is 4.98 Å². The van der Waals surface area contributed by atoms with E-state index in [0.717, 1.165) is 28.6 Å². The molecule has 0 radical (unpaired) electrons. The zero-order valence-corrected chi connectivity index (χ0v) is 15.6. The molecule has 0 amide bonds. The lowest BCUT2D eigenvalue weighted by Gasteiger charge is -2.21. The molecule has 0 spiro atoms. The van der Waals surface area contributed by atoms with Crippen molar-refractivity contribution in [1.82, 2.24) is 4.98 Å². The molecule has 0 bridgehead atoms. The minimum absolute atomic E-state index is 0.598. The third-order valence-corrected chi connectivity index (χ3v) is 5.33. The number of hydrogen-bond donors (Lipinski definition) is 1. The zero-order chi connectivity index (χ0) is 17.9. The van der Waals surface area contributed by atoms with Gasteiger partial charge >= 0.3 is 0 Å². The number of para-hydroxylation sites is 1. The maximum absolute atomic E-state index is 10.2. The third-order valence-electron chi connectivity index (χ3n) is 4.41. The van der Waals surface area contributed by atoms with Gasteiger partial charge in [0.1, 0.15) is 0 Å². The molecular formula is C20H23NO3S. The second-order valence-electron chi connectivity index (χ2n) is 6.39. The van der Waals surface area contributed by atoms with Gasteiger partial charge in [0, 0.05) is 0 Å². The average Bonchev–Trinajstić information content (AvgIpc) is 3.03. The monoisotopic (exact) mass is 357 g/mol. The highest BCUT2D eigenvalue weighted by molar-refractivity contribution is 7.20. The van der Waals surface area contributed by atoms with E-state index in [1.54, 1.807) is 7.11 Å². The molecular weight excluding hydrogens is 334 g/mol. The Labute approximate surface area is 152 Å². The van der Waals surface area contributed by atoms with Crippen LogP contribution in [0.5, 0.6) is 16.7 Å². The molecule has 3 rings (SSSR count). The molecule has 0 aliphatic carbocycles. The molecule has 4 nitrogen and oxygen atoms in total. The second-order valence-corrected chi connectivity index (χ2v) is 7.38. The molecule has 1 unspecified atom stereocenters. The largest absolute Gasteiger partial charge is 0.493 e. The minimum atomic E-state index is -0.636. The van der Waals surface area contributed by atoms with E-state index in [4.69, 9.17) is 9.47 Å². The van der Waals surface area contributed by atoms with Crippen LogP contribution in [0.2, 0.25) is 0 Å². The second kappa shape index (κ2) is 7.42. The highest BCUT2D eigenvalue weighted by atomic mass is 32.1. The number of aliphatic hydroxyl groups is 1. The van der Waals surface area contributed by atoms with E-state index in [0.29, 0.717) is 23.1 Å². The fourth-order valence-electron chi connectivity index (χ4n) is 2.53. The van der Waals surface area contributed by atoms with Crippen molar-refractivity contribution in [3.05, 3.63) is 48.0 Å². The van der Waals surface area contributed by atoms with Gasteiger partial charge in [-0.15, -0.1) is 0 Å². The Morgan fingerprint density at radius 2 is 1.96 bits per heavy atom. The summed E-state index contributed by atoms with van der Waals surface area (Å²) in [6, 6.07) is 13.8. The van der Waals surface area contributed by atoms with Crippen LogP contribution in [0.1, 0.15) is 32.3 Å². The standard InChI is InChI=1S/C20H23NO3S/c1-4-20(2,22)12-11-14-9-10-16(17(13-14)23-3)24-19-21-15-7-5-6-8-18(15)25-19/h5-10,13,22H,4,11-12H2,1-3H3. The minimum Gasteiger partial charge on any atom is -0.493 e. The molecule has 0 aliphatic rings. The maximum atomic E-state index is 10.2. The summed E-state index contributed by atoms with van der Waals surface area (Å²) in [5.41, 5.74) is 1.41. The number of hydrogen-bond acceptors (Lipinski definition) is 5. The first kappa shape index (κ1) is 17.7. The summed E-state index contributed by atoms with van der Waals surface area (Å²) in [5.74, 6) is 1.32. The first-order chi connectivity index (χ1) is 12.0. The smallest absolute Gasteiger partial charge is 0.279 e. The SMILES string of the molecule is CCC(C)(O)CCc1ccc(Oc2nc3ccccc3s2)c(OC)c1. The number of aryl methyl sites for hydroxylation is 1. The Morgan fingerprint density at radius 3 is 2.68 bits per heavy atom. The molecule has 2 aromatic carbocycles. The van der Waals surface area contributed by atoms with Crippen molar-refractivity contribution in [2.24, 2.45) is 0 Å². The van der Waals surface area contributed by atoms with Gasteiger partial charge in [0.05, 0.1) is 22.9 Å². The number of thiazole rings is 1. The topological polar surface area (TPSA) is 51.6 Å². The zero-order valence-electron chi connectivity index (χ0n) is 14.8. The van der Waals surface area contributed by atoms with Gasteiger partial charge in [-0.2, -0.15) is 0 Å². The van der Waals surface area contributed by atoms with Crippen LogP contribution in [0.15, 0.2) is 42.5 Å². The van der Waals surface area contributed by atoms with Gasteiger partial charge in [-0.1, -0.05) is 36.5 Å². The van der Waals surface area contributed by atoms with Crippen LogP contribution < -0.4 is 9.47 Å². The third kappa shape index (κ3) is 4.30. The van der Waals surface area contributed by atoms with Crippen LogP contribution >= 0.6 is 11.3 Å². The summed E-state index contributed by atoms with van der Waals surface area (Å²) < 4.78 is 12.5. The van der Waals surface area contributed by atoms with Crippen molar-refractivity contribution < 1.29 is 14.6 Å². The Balaban J connectivity index is 1.77. The van der Waals surface area contributed by atoms with Crippen molar-refractivity contribution in [2.45, 2.75) is 38.7 Å². The number of ether oxygens (including phenoxy) is 2. The fraction of sp³-hybridized carbons (Fsp3) is 0.350. The quantitative estimate of drug-likeness (QED) is 0.632. The van der Waals surface area contributed by atoms with Crippen LogP contribution in [0.25, 0.3) is 10.2 Å². The highest BCUT2D eigenvalue weighted by Gasteiger charge is 2.18. The molecule has 0 saturated heterocycles. The molecule has 0 aliphatic heterocycles. The lowest BCUT2D eigenvalue weighted by molar-refractivity contribution is 0.0473. The lowest BCUT2D eigenvalue weighted by atomic mass is 9.94. The van der Waals surface area contributed by atoms with Crippen molar-refractivity contribution in [2.75, 3.05) is 7.11 Å². The number of rotatable bonds is 7. The van der Waals surface area contributed by atoms with Gasteiger partial charge in [0.2, 0.25) is 0 Å². The van der Waals surface area contributed by atoms with Crippen molar-refractivity contribution >= 4 is 21.6 Å². The summed E-state index contributed by atoms with van der Waals surface area (Å²) in [5, 5.41) is 10.8. The Hall–Kier alpha value is -2.11. The molecule has 1 N–H and O–H groups in total. The first-order valence-electron chi connectivity index (χ1n) is 8.43. The van der Waals surface area contributed by atoms with Gasteiger partial charge in [-0.3, -0.25) is 0 Å². The first-order valence-corrected chi connectivity index (χ1v) is 9.25. The molecule has 0 fully saturated rings. The number of nitrogens with zero attached hydrogens (tertiary/aromatic N) is 1. The predicted molar refractivity (Wildman–Crippen MR) is 102 cm³/mol. The van der Waals surface area contributed by atoms with Gasteiger partial charge in [0.15, 0.2) is 11.5 Å². The Kier molecular flexibility index (Phi) is 5.25. The van der Waals surface area contributed by atoms with Crippen LogP contribution in [0.4, 0.5) is 0 Å². The molecule has 0 saturated carbocycles. The van der Waals surface area contributed by atoms with Gasteiger partial charge in [0.25, 0.3) is 5.19 Å². The number of fused-ring (bicyclic) bond motifs is 1.